The summed E-state index contributed by atoms with van der Waals surface area (Å²) in [4.78, 5) is 0. The summed E-state index contributed by atoms with van der Waals surface area (Å²) in [7, 11) is 0. The molecule has 0 aromatic carbocycles. The minimum absolute atomic E-state index is 1.01. The van der Waals surface area contributed by atoms with Crippen LogP contribution in [0.25, 0.3) is 0 Å². The van der Waals surface area contributed by atoms with Gasteiger partial charge in [0.15, 0.2) is 0 Å². The van der Waals surface area contributed by atoms with Crippen LogP contribution in [-0.2, 0) is 0 Å². The molecule has 0 aliphatic heterocycles. The van der Waals surface area contributed by atoms with E-state index in [1.165, 1.54) is 25.7 Å². The van der Waals surface area contributed by atoms with Gasteiger partial charge in [-0.15, -0.1) is 0 Å². The van der Waals surface area contributed by atoms with E-state index in [0.717, 1.165) is 17.8 Å². The highest BCUT2D eigenvalue weighted by Gasteiger charge is 2.35. The van der Waals surface area contributed by atoms with Crippen molar-refractivity contribution < 1.29 is 0 Å². The normalized spacial score (nSPS) is 45.6. The lowest BCUT2D eigenvalue weighted by Gasteiger charge is -2.33. The van der Waals surface area contributed by atoms with Crippen molar-refractivity contribution in [1.82, 2.24) is 0 Å². The lowest BCUT2D eigenvalue weighted by Crippen LogP contribution is -2.23. The second-order valence-electron chi connectivity index (χ2n) is 4.32. The van der Waals surface area contributed by atoms with Crippen LogP contribution in [0.4, 0.5) is 0 Å². The molecule has 0 aromatic heterocycles. The maximum atomic E-state index is 2.41. The van der Waals surface area contributed by atoms with Crippen LogP contribution in [0.15, 0.2) is 11.6 Å². The van der Waals surface area contributed by atoms with Crippen LogP contribution in [0.2, 0.25) is 0 Å². The summed E-state index contributed by atoms with van der Waals surface area (Å²) in [5, 5.41) is 0. The zero-order valence-electron chi connectivity index (χ0n) is 7.64. The number of hydrogen-bond acceptors (Lipinski definition) is 0. The average molecular weight is 150 g/mol. The van der Waals surface area contributed by atoms with Crippen LogP contribution in [0.5, 0.6) is 0 Å². The monoisotopic (exact) mass is 150 g/mol. The Morgan fingerprint density at radius 3 is 2.64 bits per heavy atom. The topological polar surface area (TPSA) is 0 Å². The Balaban J connectivity index is 1.75. The molecule has 62 valence electrons. The Kier molecular flexibility index (Phi) is 1.78. The lowest BCUT2D eigenvalue weighted by molar-refractivity contribution is 0.177. The summed E-state index contributed by atoms with van der Waals surface area (Å²) < 4.78 is 0. The van der Waals surface area contributed by atoms with Gasteiger partial charge in [0.05, 0.1) is 0 Å². The highest BCUT2D eigenvalue weighted by molar-refractivity contribution is 5.22. The molecule has 3 unspecified atom stereocenters. The van der Waals surface area contributed by atoms with Crippen molar-refractivity contribution in [2.45, 2.75) is 39.5 Å². The zero-order chi connectivity index (χ0) is 7.84. The molecule has 0 amide bonds. The van der Waals surface area contributed by atoms with Gasteiger partial charge in [-0.25, -0.2) is 0 Å². The summed E-state index contributed by atoms with van der Waals surface area (Å²) in [6.07, 6.45) is 8.23. The Morgan fingerprint density at radius 1 is 1.45 bits per heavy atom. The second-order valence-corrected chi connectivity index (χ2v) is 4.32. The molecule has 0 saturated heterocycles. The van der Waals surface area contributed by atoms with Crippen molar-refractivity contribution in [3.63, 3.8) is 0 Å². The minimum atomic E-state index is 1.01. The fourth-order valence-electron chi connectivity index (χ4n) is 2.27. The fourth-order valence-corrected chi connectivity index (χ4v) is 2.27. The molecule has 0 radical (unpaired) electrons. The van der Waals surface area contributed by atoms with Gasteiger partial charge in [0.25, 0.3) is 0 Å². The highest BCUT2D eigenvalue weighted by Crippen LogP contribution is 2.48. The molecule has 0 spiro atoms. The molecule has 0 aromatic rings. The maximum Gasteiger partial charge on any atom is -0.0163 e. The third-order valence-corrected chi connectivity index (χ3v) is 3.60. The van der Waals surface area contributed by atoms with Gasteiger partial charge in [0.2, 0.25) is 0 Å². The van der Waals surface area contributed by atoms with Crippen LogP contribution >= 0.6 is 0 Å². The van der Waals surface area contributed by atoms with Crippen molar-refractivity contribution >= 4 is 0 Å². The SMILES string of the molecule is CC=C1CC1CC1CCC1C. The average Bonchev–Trinajstić information content (AvgIpc) is 2.76. The van der Waals surface area contributed by atoms with Gasteiger partial charge in [-0.3, -0.25) is 0 Å². The molecule has 0 bridgehead atoms. The van der Waals surface area contributed by atoms with Gasteiger partial charge in [0, 0.05) is 0 Å². The Bertz CT molecular complexity index is 178. The van der Waals surface area contributed by atoms with Gasteiger partial charge in [-0.05, 0) is 43.9 Å². The molecule has 2 fully saturated rings. The van der Waals surface area contributed by atoms with Crippen LogP contribution in [0.1, 0.15) is 39.5 Å². The van der Waals surface area contributed by atoms with Crippen molar-refractivity contribution in [3.05, 3.63) is 11.6 Å². The molecule has 2 aliphatic rings. The summed E-state index contributed by atoms with van der Waals surface area (Å²) in [5.41, 5.74) is 1.73. The second kappa shape index (κ2) is 2.66. The molecule has 2 saturated carbocycles. The summed E-state index contributed by atoms with van der Waals surface area (Å²) in [5.74, 6) is 3.12. The number of allylic oxidation sites excluding steroid dienone is 2. The molecule has 0 heteroatoms. The predicted molar refractivity (Wildman–Crippen MR) is 48.4 cm³/mol. The summed E-state index contributed by atoms with van der Waals surface area (Å²) >= 11 is 0. The minimum Gasteiger partial charge on any atom is -0.0881 e. The standard InChI is InChI=1S/C11H18/c1-3-9-6-11(9)7-10-5-4-8(10)2/h3,8,10-11H,4-7H2,1-2H3. The molecule has 11 heavy (non-hydrogen) atoms. The first-order valence-electron chi connectivity index (χ1n) is 4.96. The van der Waals surface area contributed by atoms with Gasteiger partial charge >= 0.3 is 0 Å². The predicted octanol–water partition coefficient (Wildman–Crippen LogP) is 3.39. The van der Waals surface area contributed by atoms with Crippen molar-refractivity contribution in [2.75, 3.05) is 0 Å². The van der Waals surface area contributed by atoms with E-state index >= 15 is 0 Å². The fraction of sp³-hybridized carbons (Fsp3) is 0.818. The smallest absolute Gasteiger partial charge is 0.0163 e. The van der Waals surface area contributed by atoms with E-state index in [1.807, 2.05) is 0 Å². The largest absolute Gasteiger partial charge is 0.0881 e. The number of hydrogen-bond donors (Lipinski definition) is 0. The third-order valence-electron chi connectivity index (χ3n) is 3.60. The molecule has 2 rings (SSSR count). The molecule has 2 aliphatic carbocycles. The van der Waals surface area contributed by atoms with E-state index in [1.54, 1.807) is 5.57 Å². The van der Waals surface area contributed by atoms with Gasteiger partial charge in [-0.1, -0.05) is 25.0 Å². The Hall–Kier alpha value is -0.260. The highest BCUT2D eigenvalue weighted by atomic mass is 14.4. The van der Waals surface area contributed by atoms with E-state index in [9.17, 15) is 0 Å². The molecule has 0 heterocycles. The van der Waals surface area contributed by atoms with Crippen molar-refractivity contribution in [1.29, 1.82) is 0 Å². The van der Waals surface area contributed by atoms with Crippen LogP contribution in [-0.4, -0.2) is 0 Å². The van der Waals surface area contributed by atoms with Crippen molar-refractivity contribution in [2.24, 2.45) is 17.8 Å². The third kappa shape index (κ3) is 1.36. The van der Waals surface area contributed by atoms with E-state index in [0.29, 0.717) is 0 Å². The molecule has 0 nitrogen and oxygen atoms in total. The molecular formula is C11H18. The van der Waals surface area contributed by atoms with Gasteiger partial charge in [-0.2, -0.15) is 0 Å². The molecular weight excluding hydrogens is 132 g/mol. The van der Waals surface area contributed by atoms with Crippen LogP contribution < -0.4 is 0 Å². The van der Waals surface area contributed by atoms with Crippen LogP contribution in [0, 0.1) is 17.8 Å². The Labute approximate surface area is 69.7 Å². The Morgan fingerprint density at radius 2 is 2.27 bits per heavy atom. The first-order chi connectivity index (χ1) is 5.31. The summed E-state index contributed by atoms with van der Waals surface area (Å²) in [6, 6.07) is 0. The van der Waals surface area contributed by atoms with Crippen LogP contribution in [0.3, 0.4) is 0 Å². The molecule has 3 atom stereocenters. The van der Waals surface area contributed by atoms with E-state index in [2.05, 4.69) is 19.9 Å². The van der Waals surface area contributed by atoms with E-state index in [-0.39, 0.29) is 0 Å². The summed E-state index contributed by atoms with van der Waals surface area (Å²) in [6.45, 7) is 4.59. The first-order valence-corrected chi connectivity index (χ1v) is 4.96. The van der Waals surface area contributed by atoms with Crippen molar-refractivity contribution in [3.8, 4) is 0 Å². The van der Waals surface area contributed by atoms with E-state index < -0.39 is 0 Å². The lowest BCUT2D eigenvalue weighted by atomic mass is 9.72. The first kappa shape index (κ1) is 7.39. The van der Waals surface area contributed by atoms with Gasteiger partial charge < -0.3 is 0 Å². The molecule has 0 N–H and O–H groups in total. The van der Waals surface area contributed by atoms with Gasteiger partial charge in [0.1, 0.15) is 0 Å². The quantitative estimate of drug-likeness (QED) is 0.529. The zero-order valence-corrected chi connectivity index (χ0v) is 7.64. The van der Waals surface area contributed by atoms with E-state index in [4.69, 9.17) is 0 Å². The number of rotatable bonds is 2. The maximum absolute atomic E-state index is 2.41.